The van der Waals surface area contributed by atoms with Crippen LogP contribution in [0.3, 0.4) is 0 Å². The maximum Gasteiger partial charge on any atom is 0.354 e. The van der Waals surface area contributed by atoms with Crippen LogP contribution in [0.4, 0.5) is 0 Å². The van der Waals surface area contributed by atoms with E-state index < -0.39 is 11.9 Å². The Morgan fingerprint density at radius 3 is 1.94 bits per heavy atom. The van der Waals surface area contributed by atoms with E-state index in [1.807, 2.05) is 30.3 Å². The van der Waals surface area contributed by atoms with Crippen LogP contribution >= 0.6 is 0 Å². The van der Waals surface area contributed by atoms with Gasteiger partial charge in [-0.2, -0.15) is 10.5 Å². The topological polar surface area (TPSA) is 109 Å². The lowest BCUT2D eigenvalue weighted by molar-refractivity contribution is -0.135. The van der Waals surface area contributed by atoms with Gasteiger partial charge in [-0.1, -0.05) is 44.2 Å². The Morgan fingerprint density at radius 2 is 1.41 bits per heavy atom. The second-order valence-electron chi connectivity index (χ2n) is 6.95. The van der Waals surface area contributed by atoms with Gasteiger partial charge in [-0.25, -0.2) is 9.59 Å². The highest BCUT2D eigenvalue weighted by atomic mass is 16.6. The Labute approximate surface area is 186 Å². The number of carbonyl (C=O) groups excluding carboxylic acids is 2. The van der Waals surface area contributed by atoms with Crippen LogP contribution in [0.25, 0.3) is 12.2 Å². The quantitative estimate of drug-likeness (QED) is 0.277. The Balaban J connectivity index is 2.27. The Bertz CT molecular complexity index is 1150. The highest BCUT2D eigenvalue weighted by molar-refractivity contribution is 5.99. The lowest BCUT2D eigenvalue weighted by Crippen LogP contribution is -2.11. The number of benzene rings is 2. The van der Waals surface area contributed by atoms with Crippen LogP contribution in [0.5, 0.6) is 11.5 Å². The molecule has 0 aliphatic rings. The van der Waals surface area contributed by atoms with E-state index in [0.29, 0.717) is 17.0 Å². The fourth-order valence-corrected chi connectivity index (χ4v) is 2.71. The summed E-state index contributed by atoms with van der Waals surface area (Å²) < 4.78 is 15.1. The predicted octanol–water partition coefficient (Wildman–Crippen LogP) is 4.41. The molecule has 0 aliphatic heterocycles. The van der Waals surface area contributed by atoms with Crippen molar-refractivity contribution in [2.24, 2.45) is 0 Å². The highest BCUT2D eigenvalue weighted by Gasteiger charge is 2.16. The normalized spacial score (nSPS) is 11.3. The van der Waals surface area contributed by atoms with Crippen molar-refractivity contribution in [2.75, 3.05) is 14.2 Å². The number of esters is 2. The van der Waals surface area contributed by atoms with Gasteiger partial charge in [0.25, 0.3) is 0 Å². The molecule has 0 saturated carbocycles. The molecule has 0 saturated heterocycles. The molecule has 0 radical (unpaired) electrons. The maximum absolute atomic E-state index is 12.5. The van der Waals surface area contributed by atoms with Crippen molar-refractivity contribution >= 4 is 24.1 Å². The summed E-state index contributed by atoms with van der Waals surface area (Å²) in [4.78, 5) is 24.1. The molecular formula is C25H22N2O5. The van der Waals surface area contributed by atoms with Crippen molar-refractivity contribution in [2.45, 2.75) is 19.8 Å². The van der Waals surface area contributed by atoms with Crippen LogP contribution in [-0.4, -0.2) is 26.2 Å². The first-order chi connectivity index (χ1) is 15.3. The third-order valence-electron chi connectivity index (χ3n) is 4.48. The van der Waals surface area contributed by atoms with Crippen molar-refractivity contribution in [3.8, 4) is 23.6 Å². The monoisotopic (exact) mass is 430 g/mol. The van der Waals surface area contributed by atoms with Crippen molar-refractivity contribution in [3.63, 3.8) is 0 Å². The maximum atomic E-state index is 12.5. The van der Waals surface area contributed by atoms with Gasteiger partial charge in [0, 0.05) is 0 Å². The lowest BCUT2D eigenvalue weighted by Gasteiger charge is -2.10. The van der Waals surface area contributed by atoms with Crippen LogP contribution in [0, 0.1) is 22.7 Å². The number of hydrogen-bond donors (Lipinski definition) is 0. The standard InChI is InChI=1S/C25H22N2O5/c1-16(2)19-8-5-17(6-9-19)11-21(15-27)25(29)32-22-10-7-18(13-23(22)30-3)12-20(14-26)24(28)31-4/h5-13,16H,1-4H3. The van der Waals surface area contributed by atoms with Gasteiger partial charge < -0.3 is 14.2 Å². The van der Waals surface area contributed by atoms with E-state index in [2.05, 4.69) is 18.6 Å². The van der Waals surface area contributed by atoms with E-state index in [1.165, 1.54) is 44.6 Å². The molecule has 0 fully saturated rings. The number of nitrogens with zero attached hydrogens (tertiary/aromatic N) is 2. The minimum Gasteiger partial charge on any atom is -0.493 e. The largest absolute Gasteiger partial charge is 0.493 e. The molecule has 0 amide bonds. The number of rotatable bonds is 7. The van der Waals surface area contributed by atoms with Crippen LogP contribution < -0.4 is 9.47 Å². The summed E-state index contributed by atoms with van der Waals surface area (Å²) in [6, 6.07) is 15.6. The van der Waals surface area contributed by atoms with Crippen LogP contribution in [-0.2, 0) is 14.3 Å². The average molecular weight is 430 g/mol. The molecule has 162 valence electrons. The van der Waals surface area contributed by atoms with Crippen LogP contribution in [0.15, 0.2) is 53.6 Å². The summed E-state index contributed by atoms with van der Waals surface area (Å²) >= 11 is 0. The molecule has 0 unspecified atom stereocenters. The summed E-state index contributed by atoms with van der Waals surface area (Å²) in [5, 5.41) is 18.5. The molecule has 32 heavy (non-hydrogen) atoms. The SMILES string of the molecule is COC(=O)C(C#N)=Cc1ccc(OC(=O)C(C#N)=Cc2ccc(C(C)C)cc2)c(OC)c1. The number of hydrogen-bond acceptors (Lipinski definition) is 7. The van der Waals surface area contributed by atoms with E-state index in [0.717, 1.165) is 5.56 Å². The zero-order valence-corrected chi connectivity index (χ0v) is 18.2. The van der Waals surface area contributed by atoms with Gasteiger partial charge in [0.15, 0.2) is 11.5 Å². The molecule has 0 spiro atoms. The van der Waals surface area contributed by atoms with Crippen molar-refractivity contribution < 1.29 is 23.8 Å². The molecule has 0 bridgehead atoms. The first kappa shape index (κ1) is 23.9. The molecule has 2 rings (SSSR count). The third-order valence-corrected chi connectivity index (χ3v) is 4.48. The Morgan fingerprint density at radius 1 is 0.844 bits per heavy atom. The molecule has 0 aliphatic carbocycles. The first-order valence-corrected chi connectivity index (χ1v) is 9.65. The summed E-state index contributed by atoms with van der Waals surface area (Å²) in [6.07, 6.45) is 2.77. The van der Waals surface area contributed by atoms with Gasteiger partial charge in [0.05, 0.1) is 14.2 Å². The zero-order chi connectivity index (χ0) is 23.7. The van der Waals surface area contributed by atoms with E-state index in [-0.39, 0.29) is 22.6 Å². The molecule has 2 aromatic rings. The smallest absolute Gasteiger partial charge is 0.354 e. The lowest BCUT2D eigenvalue weighted by atomic mass is 10.0. The number of carbonyl (C=O) groups is 2. The van der Waals surface area contributed by atoms with Gasteiger partial charge in [0.2, 0.25) is 0 Å². The molecule has 2 aromatic carbocycles. The van der Waals surface area contributed by atoms with E-state index in [1.54, 1.807) is 6.07 Å². The molecule has 0 heterocycles. The van der Waals surface area contributed by atoms with E-state index >= 15 is 0 Å². The van der Waals surface area contributed by atoms with Gasteiger partial charge in [-0.05, 0) is 46.9 Å². The Kier molecular flexibility index (Phi) is 8.33. The molecule has 0 N–H and O–H groups in total. The highest BCUT2D eigenvalue weighted by Crippen LogP contribution is 2.30. The number of ether oxygens (including phenoxy) is 3. The van der Waals surface area contributed by atoms with Crippen LogP contribution in [0.2, 0.25) is 0 Å². The van der Waals surface area contributed by atoms with Gasteiger partial charge in [0.1, 0.15) is 23.3 Å². The van der Waals surface area contributed by atoms with E-state index in [4.69, 9.17) is 14.7 Å². The second-order valence-corrected chi connectivity index (χ2v) is 6.95. The summed E-state index contributed by atoms with van der Waals surface area (Å²) in [6.45, 7) is 4.15. The summed E-state index contributed by atoms with van der Waals surface area (Å²) in [5.41, 5.74) is 1.93. The molecular weight excluding hydrogens is 408 g/mol. The summed E-state index contributed by atoms with van der Waals surface area (Å²) in [7, 11) is 2.55. The van der Waals surface area contributed by atoms with Gasteiger partial charge in [-0.3, -0.25) is 0 Å². The van der Waals surface area contributed by atoms with Crippen molar-refractivity contribution in [1.29, 1.82) is 10.5 Å². The van der Waals surface area contributed by atoms with Gasteiger partial charge in [-0.15, -0.1) is 0 Å². The van der Waals surface area contributed by atoms with E-state index in [9.17, 15) is 14.9 Å². The molecule has 7 heteroatoms. The first-order valence-electron chi connectivity index (χ1n) is 9.65. The Hall–Kier alpha value is -4.36. The zero-order valence-electron chi connectivity index (χ0n) is 18.2. The predicted molar refractivity (Wildman–Crippen MR) is 118 cm³/mol. The summed E-state index contributed by atoms with van der Waals surface area (Å²) in [5.74, 6) is -0.965. The van der Waals surface area contributed by atoms with Crippen molar-refractivity contribution in [3.05, 3.63) is 70.3 Å². The van der Waals surface area contributed by atoms with Crippen molar-refractivity contribution in [1.82, 2.24) is 0 Å². The molecule has 0 aromatic heterocycles. The van der Waals surface area contributed by atoms with Gasteiger partial charge >= 0.3 is 11.9 Å². The third kappa shape index (κ3) is 6.07. The average Bonchev–Trinajstić information content (AvgIpc) is 2.81. The minimum absolute atomic E-state index is 0.0857. The fourth-order valence-electron chi connectivity index (χ4n) is 2.71. The molecule has 0 atom stereocenters. The molecule has 7 nitrogen and oxygen atoms in total. The number of nitriles is 2. The fraction of sp³-hybridized carbons (Fsp3) is 0.200. The van der Waals surface area contributed by atoms with Crippen LogP contribution in [0.1, 0.15) is 36.5 Å². The second kappa shape index (κ2) is 11.1. The number of methoxy groups -OCH3 is 2. The minimum atomic E-state index is -0.839.